The van der Waals surface area contributed by atoms with Crippen LogP contribution in [-0.4, -0.2) is 25.7 Å². The minimum absolute atomic E-state index is 0.247. The summed E-state index contributed by atoms with van der Waals surface area (Å²) in [5, 5.41) is 10.4. The van der Waals surface area contributed by atoms with Crippen molar-refractivity contribution in [2.75, 3.05) is 6.54 Å². The van der Waals surface area contributed by atoms with E-state index in [1.165, 1.54) is 6.92 Å². The van der Waals surface area contributed by atoms with Crippen molar-refractivity contribution >= 4 is 10.0 Å². The van der Waals surface area contributed by atoms with Gasteiger partial charge in [0.1, 0.15) is 0 Å². The fraction of sp³-hybridized carbons (Fsp3) is 0.333. The summed E-state index contributed by atoms with van der Waals surface area (Å²) >= 11 is 0. The smallest absolute Gasteiger partial charge is 0.389 e. The van der Waals surface area contributed by atoms with Crippen LogP contribution in [0.25, 0.3) is 0 Å². The van der Waals surface area contributed by atoms with Crippen molar-refractivity contribution in [3.05, 3.63) is 65.7 Å². The Hall–Kier alpha value is -1.90. The Morgan fingerprint density at radius 1 is 1.00 bits per heavy atom. The summed E-state index contributed by atoms with van der Waals surface area (Å²) < 4.78 is 64.3. The maximum atomic E-state index is 12.5. The highest BCUT2D eigenvalue weighted by Gasteiger charge is 2.31. The van der Waals surface area contributed by atoms with Crippen molar-refractivity contribution in [1.82, 2.24) is 4.72 Å². The Kier molecular flexibility index (Phi) is 6.10. The largest absolute Gasteiger partial charge is 0.416 e. The van der Waals surface area contributed by atoms with Crippen LogP contribution in [-0.2, 0) is 22.6 Å². The maximum Gasteiger partial charge on any atom is 0.416 e. The van der Waals surface area contributed by atoms with Gasteiger partial charge in [-0.15, -0.1) is 0 Å². The number of sulfonamides is 1. The van der Waals surface area contributed by atoms with Crippen LogP contribution < -0.4 is 4.72 Å². The fourth-order valence-electron chi connectivity index (χ4n) is 2.30. The third-order valence-electron chi connectivity index (χ3n) is 3.93. The summed E-state index contributed by atoms with van der Waals surface area (Å²) in [4.78, 5) is -0.288. The number of aliphatic hydroxyl groups is 1. The first-order valence-corrected chi connectivity index (χ1v) is 9.41. The normalized spacial score (nSPS) is 14.8. The molecule has 2 aromatic carbocycles. The molecule has 1 atom stereocenters. The van der Waals surface area contributed by atoms with Gasteiger partial charge in [0, 0.05) is 6.54 Å². The second-order valence-corrected chi connectivity index (χ2v) is 8.10. The molecule has 2 rings (SSSR count). The Balaban J connectivity index is 1.98. The van der Waals surface area contributed by atoms with Crippen LogP contribution in [0.4, 0.5) is 13.2 Å². The van der Waals surface area contributed by atoms with Gasteiger partial charge in [-0.1, -0.05) is 30.3 Å². The molecule has 0 fully saturated rings. The van der Waals surface area contributed by atoms with Crippen molar-refractivity contribution < 1.29 is 26.7 Å². The number of nitrogens with one attached hydrogen (secondary N) is 1. The molecule has 0 saturated heterocycles. The average molecular weight is 387 g/mol. The lowest BCUT2D eigenvalue weighted by Crippen LogP contribution is -2.40. The van der Waals surface area contributed by atoms with Gasteiger partial charge in [-0.3, -0.25) is 0 Å². The molecule has 0 saturated carbocycles. The molecule has 0 aliphatic rings. The third kappa shape index (κ3) is 5.82. The lowest BCUT2D eigenvalue weighted by atomic mass is 9.97. The molecule has 0 bridgehead atoms. The standard InChI is InChI=1S/C18H20F3NO3S/c1-17(23,12-11-14-5-3-2-4-6-14)13-22-26(24,25)16-9-7-15(8-10-16)18(19,20)21/h2-10,22-23H,11-13H2,1H3. The van der Waals surface area contributed by atoms with Gasteiger partial charge in [-0.2, -0.15) is 13.2 Å². The fourth-order valence-corrected chi connectivity index (χ4v) is 3.47. The van der Waals surface area contributed by atoms with Gasteiger partial charge < -0.3 is 5.11 Å². The van der Waals surface area contributed by atoms with Gasteiger partial charge in [0.25, 0.3) is 0 Å². The minimum atomic E-state index is -4.53. The third-order valence-corrected chi connectivity index (χ3v) is 5.35. The average Bonchev–Trinajstić information content (AvgIpc) is 2.59. The van der Waals surface area contributed by atoms with Gasteiger partial charge in [-0.25, -0.2) is 13.1 Å². The molecule has 4 nitrogen and oxygen atoms in total. The number of benzene rings is 2. The summed E-state index contributed by atoms with van der Waals surface area (Å²) in [6.45, 7) is 1.26. The molecular formula is C18H20F3NO3S. The molecule has 0 aliphatic carbocycles. The van der Waals surface area contributed by atoms with Crippen LogP contribution in [0.3, 0.4) is 0 Å². The Morgan fingerprint density at radius 2 is 1.58 bits per heavy atom. The molecule has 8 heteroatoms. The summed E-state index contributed by atoms with van der Waals surface area (Å²) in [5.74, 6) is 0. The Bertz CT molecular complexity index is 817. The predicted molar refractivity (Wildman–Crippen MR) is 92.0 cm³/mol. The molecule has 0 aliphatic heterocycles. The van der Waals surface area contributed by atoms with Crippen LogP contribution >= 0.6 is 0 Å². The van der Waals surface area contributed by atoms with E-state index in [0.29, 0.717) is 25.0 Å². The summed E-state index contributed by atoms with van der Waals surface area (Å²) in [7, 11) is -4.02. The van der Waals surface area contributed by atoms with E-state index in [1.54, 1.807) is 0 Å². The van der Waals surface area contributed by atoms with E-state index in [2.05, 4.69) is 4.72 Å². The zero-order valence-electron chi connectivity index (χ0n) is 14.1. The van der Waals surface area contributed by atoms with E-state index >= 15 is 0 Å². The van der Waals surface area contributed by atoms with E-state index in [0.717, 1.165) is 17.7 Å². The Morgan fingerprint density at radius 3 is 2.12 bits per heavy atom. The van der Waals surface area contributed by atoms with Crippen LogP contribution in [0.15, 0.2) is 59.5 Å². The van der Waals surface area contributed by atoms with Crippen LogP contribution in [0, 0.1) is 0 Å². The van der Waals surface area contributed by atoms with Crippen molar-refractivity contribution in [1.29, 1.82) is 0 Å². The highest BCUT2D eigenvalue weighted by atomic mass is 32.2. The van der Waals surface area contributed by atoms with Gasteiger partial charge in [0.2, 0.25) is 10.0 Å². The number of hydrogen-bond donors (Lipinski definition) is 2. The topological polar surface area (TPSA) is 66.4 Å². The monoisotopic (exact) mass is 387 g/mol. The highest BCUT2D eigenvalue weighted by molar-refractivity contribution is 7.89. The summed E-state index contributed by atoms with van der Waals surface area (Å²) in [5.41, 5.74) is -1.21. The van der Waals surface area contributed by atoms with E-state index in [4.69, 9.17) is 0 Å². The van der Waals surface area contributed by atoms with Crippen molar-refractivity contribution in [2.45, 2.75) is 36.4 Å². The minimum Gasteiger partial charge on any atom is -0.389 e. The van der Waals surface area contributed by atoms with Crippen LogP contribution in [0.2, 0.25) is 0 Å². The lowest BCUT2D eigenvalue weighted by Gasteiger charge is -2.23. The van der Waals surface area contributed by atoms with Crippen molar-refractivity contribution in [2.24, 2.45) is 0 Å². The summed E-state index contributed by atoms with van der Waals surface area (Å²) in [6.07, 6.45) is -3.64. The number of alkyl halides is 3. The quantitative estimate of drug-likeness (QED) is 0.766. The zero-order chi connectivity index (χ0) is 19.4. The van der Waals surface area contributed by atoms with E-state index in [-0.39, 0.29) is 11.4 Å². The molecule has 1 unspecified atom stereocenters. The predicted octanol–water partition coefficient (Wildman–Crippen LogP) is 3.37. The van der Waals surface area contributed by atoms with Crippen molar-refractivity contribution in [3.63, 3.8) is 0 Å². The SMILES string of the molecule is CC(O)(CCc1ccccc1)CNS(=O)(=O)c1ccc(C(F)(F)F)cc1. The first-order valence-electron chi connectivity index (χ1n) is 7.93. The molecular weight excluding hydrogens is 367 g/mol. The van der Waals surface area contributed by atoms with Gasteiger partial charge in [-0.05, 0) is 49.6 Å². The van der Waals surface area contributed by atoms with Crippen LogP contribution in [0.5, 0.6) is 0 Å². The number of hydrogen-bond acceptors (Lipinski definition) is 3. The first kappa shape index (κ1) is 20.4. The van der Waals surface area contributed by atoms with Crippen LogP contribution in [0.1, 0.15) is 24.5 Å². The highest BCUT2D eigenvalue weighted by Crippen LogP contribution is 2.29. The van der Waals surface area contributed by atoms with Gasteiger partial charge in [0.15, 0.2) is 0 Å². The molecule has 142 valence electrons. The van der Waals surface area contributed by atoms with E-state index < -0.39 is 27.4 Å². The number of halogens is 3. The molecule has 2 aromatic rings. The van der Waals surface area contributed by atoms with Gasteiger partial charge in [0.05, 0.1) is 16.1 Å². The zero-order valence-corrected chi connectivity index (χ0v) is 14.9. The first-order chi connectivity index (χ1) is 12.0. The number of rotatable bonds is 7. The summed E-state index contributed by atoms with van der Waals surface area (Å²) in [6, 6.07) is 12.6. The molecule has 0 radical (unpaired) electrons. The van der Waals surface area contributed by atoms with Crippen molar-refractivity contribution in [3.8, 4) is 0 Å². The molecule has 0 spiro atoms. The molecule has 0 heterocycles. The molecule has 0 aromatic heterocycles. The van der Waals surface area contributed by atoms with E-state index in [9.17, 15) is 26.7 Å². The second-order valence-electron chi connectivity index (χ2n) is 6.33. The van der Waals surface area contributed by atoms with Gasteiger partial charge >= 0.3 is 6.18 Å². The molecule has 26 heavy (non-hydrogen) atoms. The second kappa shape index (κ2) is 7.77. The molecule has 2 N–H and O–H groups in total. The van der Waals surface area contributed by atoms with E-state index in [1.807, 2.05) is 30.3 Å². The number of aryl methyl sites for hydroxylation is 1. The molecule has 0 amide bonds. The Labute approximate surface area is 150 Å². The lowest BCUT2D eigenvalue weighted by molar-refractivity contribution is -0.137. The maximum absolute atomic E-state index is 12.5.